The molecule has 0 spiro atoms. The van der Waals surface area contributed by atoms with E-state index >= 15 is 0 Å². The lowest BCUT2D eigenvalue weighted by molar-refractivity contribution is 0.302. The Labute approximate surface area is 103 Å². The van der Waals surface area contributed by atoms with E-state index in [1.54, 1.807) is 11.3 Å². The average Bonchev–Trinajstić information content (AvgIpc) is 2.77. The molecule has 0 amide bonds. The number of nitrogens with one attached hydrogen (secondary N) is 1. The van der Waals surface area contributed by atoms with Crippen molar-refractivity contribution in [3.63, 3.8) is 0 Å². The fraction of sp³-hybridized carbons (Fsp3) is 0.750. The second kappa shape index (κ2) is 7.76. The SMILES string of the molecule is CCc1nc(CNCCN(CC)CC)cs1. The van der Waals surface area contributed by atoms with E-state index in [1.165, 1.54) is 10.7 Å². The summed E-state index contributed by atoms with van der Waals surface area (Å²) >= 11 is 1.76. The minimum Gasteiger partial charge on any atom is -0.310 e. The van der Waals surface area contributed by atoms with Crippen LogP contribution >= 0.6 is 11.3 Å². The fourth-order valence-corrected chi connectivity index (χ4v) is 2.33. The third-order valence-electron chi connectivity index (χ3n) is 2.71. The third kappa shape index (κ3) is 4.60. The summed E-state index contributed by atoms with van der Waals surface area (Å²) in [5.41, 5.74) is 1.18. The lowest BCUT2D eigenvalue weighted by Gasteiger charge is -2.17. The molecular weight excluding hydrogens is 218 g/mol. The summed E-state index contributed by atoms with van der Waals surface area (Å²) in [4.78, 5) is 6.95. The van der Waals surface area contributed by atoms with Crippen LogP contribution in [0.3, 0.4) is 0 Å². The van der Waals surface area contributed by atoms with Crippen LogP contribution in [0, 0.1) is 0 Å². The van der Waals surface area contributed by atoms with Crippen molar-refractivity contribution < 1.29 is 0 Å². The van der Waals surface area contributed by atoms with E-state index in [9.17, 15) is 0 Å². The summed E-state index contributed by atoms with van der Waals surface area (Å²) in [6.45, 7) is 11.9. The molecule has 0 atom stereocenters. The quantitative estimate of drug-likeness (QED) is 0.707. The summed E-state index contributed by atoms with van der Waals surface area (Å²) < 4.78 is 0. The lowest BCUT2D eigenvalue weighted by atomic mass is 10.4. The van der Waals surface area contributed by atoms with E-state index < -0.39 is 0 Å². The first-order valence-electron chi connectivity index (χ1n) is 6.16. The number of nitrogens with zero attached hydrogens (tertiary/aromatic N) is 2. The molecule has 1 heterocycles. The van der Waals surface area contributed by atoms with Gasteiger partial charge in [0.2, 0.25) is 0 Å². The van der Waals surface area contributed by atoms with E-state index in [0.717, 1.165) is 39.1 Å². The molecule has 16 heavy (non-hydrogen) atoms. The molecule has 1 N–H and O–H groups in total. The van der Waals surface area contributed by atoms with Crippen LogP contribution in [0.25, 0.3) is 0 Å². The van der Waals surface area contributed by atoms with Crippen LogP contribution < -0.4 is 5.32 Å². The van der Waals surface area contributed by atoms with E-state index in [4.69, 9.17) is 0 Å². The maximum absolute atomic E-state index is 4.53. The number of hydrogen-bond donors (Lipinski definition) is 1. The van der Waals surface area contributed by atoms with Gasteiger partial charge in [0.15, 0.2) is 0 Å². The van der Waals surface area contributed by atoms with Crippen LogP contribution in [0.2, 0.25) is 0 Å². The maximum atomic E-state index is 4.53. The van der Waals surface area contributed by atoms with Gasteiger partial charge < -0.3 is 10.2 Å². The molecule has 0 saturated carbocycles. The van der Waals surface area contributed by atoms with Crippen molar-refractivity contribution in [3.8, 4) is 0 Å². The van der Waals surface area contributed by atoms with Gasteiger partial charge in [-0.1, -0.05) is 20.8 Å². The number of likely N-dealkylation sites (N-methyl/N-ethyl adjacent to an activating group) is 1. The molecule has 4 heteroatoms. The summed E-state index contributed by atoms with van der Waals surface area (Å²) in [6, 6.07) is 0. The van der Waals surface area contributed by atoms with Crippen molar-refractivity contribution in [2.45, 2.75) is 33.7 Å². The van der Waals surface area contributed by atoms with E-state index in [0.29, 0.717) is 0 Å². The molecule has 1 aromatic rings. The number of aryl methyl sites for hydroxylation is 1. The van der Waals surface area contributed by atoms with Gasteiger partial charge in [0.25, 0.3) is 0 Å². The Morgan fingerprint density at radius 2 is 2.06 bits per heavy atom. The van der Waals surface area contributed by atoms with Gasteiger partial charge in [-0.2, -0.15) is 0 Å². The summed E-state index contributed by atoms with van der Waals surface area (Å²) in [6.07, 6.45) is 1.05. The van der Waals surface area contributed by atoms with Crippen LogP contribution in [0.5, 0.6) is 0 Å². The molecule has 0 aliphatic rings. The predicted molar refractivity (Wildman–Crippen MR) is 71.0 cm³/mol. The molecule has 1 aromatic heterocycles. The molecule has 92 valence electrons. The molecule has 0 fully saturated rings. The topological polar surface area (TPSA) is 28.2 Å². The number of rotatable bonds is 8. The van der Waals surface area contributed by atoms with E-state index in [2.05, 4.69) is 41.4 Å². The molecule has 3 nitrogen and oxygen atoms in total. The number of thiazole rings is 1. The molecular formula is C12H23N3S. The monoisotopic (exact) mass is 241 g/mol. The second-order valence-electron chi connectivity index (χ2n) is 3.79. The largest absolute Gasteiger partial charge is 0.310 e. The molecule has 0 bridgehead atoms. The zero-order valence-electron chi connectivity index (χ0n) is 10.6. The molecule has 0 unspecified atom stereocenters. The molecule has 0 radical (unpaired) electrons. The van der Waals surface area contributed by atoms with Crippen LogP contribution in [-0.4, -0.2) is 36.1 Å². The predicted octanol–water partition coefficient (Wildman–Crippen LogP) is 2.14. The van der Waals surface area contributed by atoms with Crippen molar-refractivity contribution in [2.24, 2.45) is 0 Å². The normalized spacial score (nSPS) is 11.2. The fourth-order valence-electron chi connectivity index (χ4n) is 1.59. The highest BCUT2D eigenvalue weighted by atomic mass is 32.1. The Hall–Kier alpha value is -0.450. The lowest BCUT2D eigenvalue weighted by Crippen LogP contribution is -2.31. The Kier molecular flexibility index (Phi) is 6.61. The highest BCUT2D eigenvalue weighted by Gasteiger charge is 2.01. The first kappa shape index (κ1) is 13.6. The zero-order chi connectivity index (χ0) is 11.8. The highest BCUT2D eigenvalue weighted by molar-refractivity contribution is 7.09. The van der Waals surface area contributed by atoms with Gasteiger partial charge in [-0.15, -0.1) is 11.3 Å². The zero-order valence-corrected chi connectivity index (χ0v) is 11.4. The maximum Gasteiger partial charge on any atom is 0.0926 e. The van der Waals surface area contributed by atoms with Crippen molar-refractivity contribution in [3.05, 3.63) is 16.1 Å². The minimum absolute atomic E-state index is 0.901. The minimum atomic E-state index is 0.901. The van der Waals surface area contributed by atoms with Crippen LogP contribution in [0.1, 0.15) is 31.5 Å². The second-order valence-corrected chi connectivity index (χ2v) is 4.73. The van der Waals surface area contributed by atoms with Gasteiger partial charge in [-0.3, -0.25) is 0 Å². The Morgan fingerprint density at radius 1 is 1.31 bits per heavy atom. The molecule has 0 aliphatic heterocycles. The average molecular weight is 241 g/mol. The Morgan fingerprint density at radius 3 is 2.62 bits per heavy atom. The van der Waals surface area contributed by atoms with Gasteiger partial charge in [0, 0.05) is 25.0 Å². The summed E-state index contributed by atoms with van der Waals surface area (Å²) in [5, 5.41) is 6.83. The summed E-state index contributed by atoms with van der Waals surface area (Å²) in [7, 11) is 0. The summed E-state index contributed by atoms with van der Waals surface area (Å²) in [5.74, 6) is 0. The Balaban J connectivity index is 2.15. The van der Waals surface area contributed by atoms with Gasteiger partial charge in [0.1, 0.15) is 0 Å². The van der Waals surface area contributed by atoms with Gasteiger partial charge in [0.05, 0.1) is 10.7 Å². The highest BCUT2D eigenvalue weighted by Crippen LogP contribution is 2.09. The number of hydrogen-bond acceptors (Lipinski definition) is 4. The van der Waals surface area contributed by atoms with Crippen molar-refractivity contribution in [1.29, 1.82) is 0 Å². The van der Waals surface area contributed by atoms with Crippen molar-refractivity contribution in [2.75, 3.05) is 26.2 Å². The standard InChI is InChI=1S/C12H23N3S/c1-4-12-14-11(10-16-12)9-13-7-8-15(5-2)6-3/h10,13H,4-9H2,1-3H3. The smallest absolute Gasteiger partial charge is 0.0926 e. The van der Waals surface area contributed by atoms with Crippen LogP contribution in [0.15, 0.2) is 5.38 Å². The van der Waals surface area contributed by atoms with E-state index in [1.807, 2.05) is 0 Å². The first-order valence-corrected chi connectivity index (χ1v) is 7.04. The van der Waals surface area contributed by atoms with Crippen LogP contribution in [-0.2, 0) is 13.0 Å². The Bertz CT molecular complexity index is 282. The third-order valence-corrected chi connectivity index (χ3v) is 3.75. The van der Waals surface area contributed by atoms with Gasteiger partial charge in [-0.25, -0.2) is 4.98 Å². The molecule has 0 aromatic carbocycles. The van der Waals surface area contributed by atoms with Crippen molar-refractivity contribution in [1.82, 2.24) is 15.2 Å². The first-order chi connectivity index (χ1) is 7.80. The number of aromatic nitrogens is 1. The van der Waals surface area contributed by atoms with Crippen LogP contribution in [0.4, 0.5) is 0 Å². The molecule has 1 rings (SSSR count). The van der Waals surface area contributed by atoms with E-state index in [-0.39, 0.29) is 0 Å². The van der Waals surface area contributed by atoms with Gasteiger partial charge >= 0.3 is 0 Å². The molecule has 0 aliphatic carbocycles. The van der Waals surface area contributed by atoms with Crippen molar-refractivity contribution >= 4 is 11.3 Å². The van der Waals surface area contributed by atoms with Gasteiger partial charge in [-0.05, 0) is 19.5 Å². The molecule has 0 saturated heterocycles.